The lowest BCUT2D eigenvalue weighted by atomic mass is 10.0. The van der Waals surface area contributed by atoms with Crippen LogP contribution < -0.4 is 0 Å². The normalized spacial score (nSPS) is 11.2. The number of alkyl halides is 3. The fraction of sp³-hybridized carbons (Fsp3) is 0.200. The zero-order valence-electron chi connectivity index (χ0n) is 8.28. The lowest BCUT2D eigenvalue weighted by Gasteiger charge is -2.10. The molecule has 0 bridgehead atoms. The molecule has 0 aliphatic carbocycles. The molecule has 0 radical (unpaired) electrons. The summed E-state index contributed by atoms with van der Waals surface area (Å²) in [6.07, 6.45) is -5.41. The summed E-state index contributed by atoms with van der Waals surface area (Å²) >= 11 is 0. The maximum atomic E-state index is 12.3. The fourth-order valence-electron chi connectivity index (χ4n) is 1.29. The number of hydrogen-bond acceptors (Lipinski definition) is 2. The second-order valence-corrected chi connectivity index (χ2v) is 3.25. The summed E-state index contributed by atoms with van der Waals surface area (Å²) in [7, 11) is 0. The van der Waals surface area contributed by atoms with Crippen LogP contribution in [0, 0.1) is 0 Å². The predicted molar refractivity (Wildman–Crippen MR) is 49.7 cm³/mol. The van der Waals surface area contributed by atoms with Crippen LogP contribution in [-0.4, -0.2) is 22.2 Å². The van der Waals surface area contributed by atoms with Gasteiger partial charge in [-0.25, -0.2) is 4.79 Å². The summed E-state index contributed by atoms with van der Waals surface area (Å²) in [5.74, 6) is -2.86. The third-order valence-electron chi connectivity index (χ3n) is 2.00. The Kier molecular flexibility index (Phi) is 3.40. The maximum absolute atomic E-state index is 12.3. The van der Waals surface area contributed by atoms with Crippen molar-refractivity contribution in [2.24, 2.45) is 0 Å². The molecular weight excluding hydrogens is 241 g/mol. The van der Waals surface area contributed by atoms with E-state index in [2.05, 4.69) is 0 Å². The summed E-state index contributed by atoms with van der Waals surface area (Å²) in [4.78, 5) is 21.1. The van der Waals surface area contributed by atoms with Gasteiger partial charge < -0.3 is 10.2 Å². The molecule has 0 aliphatic rings. The van der Waals surface area contributed by atoms with Crippen LogP contribution in [0.3, 0.4) is 0 Å². The Bertz CT molecular complexity index is 465. The second kappa shape index (κ2) is 4.44. The van der Waals surface area contributed by atoms with E-state index in [1.807, 2.05) is 0 Å². The van der Waals surface area contributed by atoms with Crippen LogP contribution in [0.4, 0.5) is 13.2 Å². The molecule has 0 aromatic heterocycles. The fourth-order valence-corrected chi connectivity index (χ4v) is 1.29. The van der Waals surface area contributed by atoms with Gasteiger partial charge in [0, 0.05) is 0 Å². The summed E-state index contributed by atoms with van der Waals surface area (Å²) in [6, 6.07) is 1.90. The number of rotatable bonds is 3. The number of halogens is 3. The number of hydrogen-bond donors (Lipinski definition) is 2. The Morgan fingerprint density at radius 2 is 1.76 bits per heavy atom. The van der Waals surface area contributed by atoms with E-state index in [1.165, 1.54) is 0 Å². The van der Waals surface area contributed by atoms with E-state index in [4.69, 9.17) is 10.2 Å². The van der Waals surface area contributed by atoms with Gasteiger partial charge in [-0.2, -0.15) is 13.2 Å². The summed E-state index contributed by atoms with van der Waals surface area (Å²) in [5, 5.41) is 17.2. The highest BCUT2D eigenvalue weighted by Crippen LogP contribution is 2.30. The largest absolute Gasteiger partial charge is 0.481 e. The molecule has 0 atom stereocenters. The first-order valence-corrected chi connectivity index (χ1v) is 4.37. The molecule has 1 rings (SSSR count). The summed E-state index contributed by atoms with van der Waals surface area (Å²) in [5.41, 5.74) is -1.89. The van der Waals surface area contributed by atoms with Crippen LogP contribution in [0.5, 0.6) is 0 Å². The number of carboxylic acid groups (broad SMARTS) is 2. The third-order valence-corrected chi connectivity index (χ3v) is 2.00. The van der Waals surface area contributed by atoms with Gasteiger partial charge in [0.05, 0.1) is 17.5 Å². The Balaban J connectivity index is 3.29. The molecule has 0 unspecified atom stereocenters. The van der Waals surface area contributed by atoms with Crippen molar-refractivity contribution in [2.45, 2.75) is 12.6 Å². The van der Waals surface area contributed by atoms with E-state index in [9.17, 15) is 22.8 Å². The molecule has 0 amide bonds. The first-order chi connectivity index (χ1) is 7.71. The summed E-state index contributed by atoms with van der Waals surface area (Å²) < 4.78 is 37.0. The molecule has 7 heteroatoms. The molecule has 4 nitrogen and oxygen atoms in total. The Hall–Kier alpha value is -2.05. The standard InChI is InChI=1S/C10H7F3O4/c11-10(12,13)6-1-2-7(9(16)17)5(3-6)4-8(14)15/h1-3H,4H2,(H,14,15)(H,16,17). The number of aromatic carboxylic acids is 1. The lowest BCUT2D eigenvalue weighted by Crippen LogP contribution is -2.12. The van der Waals surface area contributed by atoms with E-state index in [1.54, 1.807) is 0 Å². The molecule has 0 heterocycles. The molecule has 1 aromatic rings. The Labute approximate surface area is 93.3 Å². The van der Waals surface area contributed by atoms with Crippen LogP contribution in [-0.2, 0) is 17.4 Å². The Morgan fingerprint density at radius 1 is 1.18 bits per heavy atom. The molecule has 17 heavy (non-hydrogen) atoms. The van der Waals surface area contributed by atoms with Gasteiger partial charge >= 0.3 is 18.1 Å². The zero-order valence-corrected chi connectivity index (χ0v) is 8.28. The van der Waals surface area contributed by atoms with Crippen molar-refractivity contribution < 1.29 is 33.0 Å². The molecule has 92 valence electrons. The third kappa shape index (κ3) is 3.20. The maximum Gasteiger partial charge on any atom is 0.416 e. The molecule has 0 spiro atoms. The van der Waals surface area contributed by atoms with Gasteiger partial charge in [-0.3, -0.25) is 4.79 Å². The van der Waals surface area contributed by atoms with Crippen molar-refractivity contribution in [1.82, 2.24) is 0 Å². The van der Waals surface area contributed by atoms with Gasteiger partial charge in [0.25, 0.3) is 0 Å². The van der Waals surface area contributed by atoms with Crippen LogP contribution in [0.1, 0.15) is 21.5 Å². The van der Waals surface area contributed by atoms with Crippen molar-refractivity contribution in [1.29, 1.82) is 0 Å². The molecule has 0 aliphatic heterocycles. The first-order valence-electron chi connectivity index (χ1n) is 4.37. The van der Waals surface area contributed by atoms with Crippen molar-refractivity contribution in [3.05, 3.63) is 34.9 Å². The average molecular weight is 248 g/mol. The van der Waals surface area contributed by atoms with Gasteiger partial charge in [-0.1, -0.05) is 0 Å². The van der Waals surface area contributed by atoms with Gasteiger partial charge in [-0.05, 0) is 23.8 Å². The van der Waals surface area contributed by atoms with Gasteiger partial charge in [-0.15, -0.1) is 0 Å². The van der Waals surface area contributed by atoms with Crippen molar-refractivity contribution >= 4 is 11.9 Å². The van der Waals surface area contributed by atoms with Crippen LogP contribution >= 0.6 is 0 Å². The van der Waals surface area contributed by atoms with Gasteiger partial charge in [0.1, 0.15) is 0 Å². The number of carboxylic acids is 2. The predicted octanol–water partition coefficient (Wildman–Crippen LogP) is 2.03. The van der Waals surface area contributed by atoms with E-state index < -0.39 is 35.7 Å². The van der Waals surface area contributed by atoms with Crippen molar-refractivity contribution in [3.63, 3.8) is 0 Å². The van der Waals surface area contributed by atoms with Crippen molar-refractivity contribution in [3.8, 4) is 0 Å². The SMILES string of the molecule is O=C(O)Cc1cc(C(F)(F)F)ccc1C(=O)O. The Morgan fingerprint density at radius 3 is 2.18 bits per heavy atom. The topological polar surface area (TPSA) is 74.6 Å². The molecule has 2 N–H and O–H groups in total. The first kappa shape index (κ1) is 13.0. The van der Waals surface area contributed by atoms with Crippen LogP contribution in [0.15, 0.2) is 18.2 Å². The number of aliphatic carboxylic acids is 1. The minimum Gasteiger partial charge on any atom is -0.481 e. The second-order valence-electron chi connectivity index (χ2n) is 3.25. The van der Waals surface area contributed by atoms with E-state index in [0.717, 1.165) is 6.07 Å². The molecule has 0 saturated carbocycles. The minimum atomic E-state index is -4.63. The molecular formula is C10H7F3O4. The average Bonchev–Trinajstić information content (AvgIpc) is 2.14. The zero-order chi connectivity index (χ0) is 13.2. The monoisotopic (exact) mass is 248 g/mol. The van der Waals surface area contributed by atoms with E-state index in [0.29, 0.717) is 12.1 Å². The lowest BCUT2D eigenvalue weighted by molar-refractivity contribution is -0.138. The van der Waals surface area contributed by atoms with Gasteiger partial charge in [0.15, 0.2) is 0 Å². The van der Waals surface area contributed by atoms with Crippen molar-refractivity contribution in [2.75, 3.05) is 0 Å². The van der Waals surface area contributed by atoms with Crippen LogP contribution in [0.2, 0.25) is 0 Å². The van der Waals surface area contributed by atoms with Crippen LogP contribution in [0.25, 0.3) is 0 Å². The number of carbonyl (C=O) groups is 2. The van der Waals surface area contributed by atoms with E-state index >= 15 is 0 Å². The smallest absolute Gasteiger partial charge is 0.416 e. The number of benzene rings is 1. The molecule has 0 saturated heterocycles. The highest BCUT2D eigenvalue weighted by atomic mass is 19.4. The van der Waals surface area contributed by atoms with E-state index in [-0.39, 0.29) is 5.56 Å². The molecule has 0 fully saturated rings. The highest BCUT2D eigenvalue weighted by Gasteiger charge is 2.31. The minimum absolute atomic E-state index is 0.375. The molecule has 1 aromatic carbocycles. The highest BCUT2D eigenvalue weighted by molar-refractivity contribution is 5.91. The quantitative estimate of drug-likeness (QED) is 0.858. The van der Waals surface area contributed by atoms with Gasteiger partial charge in [0.2, 0.25) is 0 Å². The summed E-state index contributed by atoms with van der Waals surface area (Å²) in [6.45, 7) is 0.